The fourth-order valence-electron chi connectivity index (χ4n) is 3.82. The zero-order valence-corrected chi connectivity index (χ0v) is 12.8. The van der Waals surface area contributed by atoms with Crippen LogP contribution in [0.1, 0.15) is 33.5 Å². The van der Waals surface area contributed by atoms with Gasteiger partial charge in [-0.15, -0.1) is 0 Å². The van der Waals surface area contributed by atoms with Crippen molar-refractivity contribution in [3.8, 4) is 11.5 Å². The summed E-state index contributed by atoms with van der Waals surface area (Å²) in [7, 11) is 0. The molecular formula is C19H19NO3. The van der Waals surface area contributed by atoms with Crippen LogP contribution in [-0.2, 0) is 19.4 Å². The van der Waals surface area contributed by atoms with E-state index in [1.54, 1.807) is 11.0 Å². The predicted octanol–water partition coefficient (Wildman–Crippen LogP) is 2.86. The fraction of sp³-hybridized carbons (Fsp3) is 0.316. The number of hydrogen-bond donors (Lipinski definition) is 2. The molecule has 0 spiro atoms. The molecule has 1 amide bonds. The van der Waals surface area contributed by atoms with Crippen LogP contribution in [0.25, 0.3) is 0 Å². The third kappa shape index (κ3) is 2.34. The van der Waals surface area contributed by atoms with Gasteiger partial charge in [0.05, 0.1) is 5.56 Å². The second-order valence-corrected chi connectivity index (χ2v) is 6.53. The maximum Gasteiger partial charge on any atom is 0.258 e. The van der Waals surface area contributed by atoms with E-state index in [0.717, 1.165) is 24.8 Å². The number of nitrogens with zero attached hydrogens (tertiary/aromatic N) is 1. The maximum atomic E-state index is 12.5. The molecule has 0 unspecified atom stereocenters. The number of phenolic OH excluding ortho intramolecular Hbond substituents is 2. The lowest BCUT2D eigenvalue weighted by molar-refractivity contribution is 0.0744. The highest BCUT2D eigenvalue weighted by Gasteiger charge is 2.33. The average Bonchev–Trinajstić information content (AvgIpc) is 2.88. The Bertz CT molecular complexity index is 784. The van der Waals surface area contributed by atoms with Crippen LogP contribution < -0.4 is 0 Å². The highest BCUT2D eigenvalue weighted by atomic mass is 16.3. The first-order valence-corrected chi connectivity index (χ1v) is 8.03. The molecule has 0 bridgehead atoms. The molecule has 118 valence electrons. The molecule has 1 aliphatic carbocycles. The summed E-state index contributed by atoms with van der Waals surface area (Å²) in [5.41, 5.74) is 3.86. The van der Waals surface area contributed by atoms with Gasteiger partial charge >= 0.3 is 0 Å². The van der Waals surface area contributed by atoms with Crippen molar-refractivity contribution in [2.24, 2.45) is 5.92 Å². The van der Waals surface area contributed by atoms with E-state index in [4.69, 9.17) is 0 Å². The third-order valence-electron chi connectivity index (χ3n) is 5.03. The van der Waals surface area contributed by atoms with E-state index in [-0.39, 0.29) is 23.0 Å². The van der Waals surface area contributed by atoms with Gasteiger partial charge in [0, 0.05) is 13.1 Å². The van der Waals surface area contributed by atoms with Gasteiger partial charge in [-0.25, -0.2) is 0 Å². The van der Waals surface area contributed by atoms with Gasteiger partial charge in [0.15, 0.2) is 11.5 Å². The van der Waals surface area contributed by atoms with E-state index < -0.39 is 0 Å². The van der Waals surface area contributed by atoms with E-state index >= 15 is 0 Å². The standard InChI is InChI=1S/C19H19NO3/c21-16-8-7-15-11-20(19(23)17(15)18(16)22)10-12-5-6-13-3-1-2-4-14(13)9-12/h1-4,7-8,12,21-22H,5-6,9-11H2/t12-/m0/s1. The quantitative estimate of drug-likeness (QED) is 0.839. The Morgan fingerprint density at radius 2 is 1.83 bits per heavy atom. The minimum absolute atomic E-state index is 0.174. The molecule has 2 aliphatic rings. The number of fused-ring (bicyclic) bond motifs is 2. The minimum Gasteiger partial charge on any atom is -0.504 e. The van der Waals surface area contributed by atoms with E-state index in [1.807, 2.05) is 0 Å². The zero-order chi connectivity index (χ0) is 16.0. The van der Waals surface area contributed by atoms with Gasteiger partial charge < -0.3 is 15.1 Å². The number of carbonyl (C=O) groups excluding carboxylic acids is 1. The smallest absolute Gasteiger partial charge is 0.258 e. The Hall–Kier alpha value is -2.49. The summed E-state index contributed by atoms with van der Waals surface area (Å²) in [4.78, 5) is 14.3. The van der Waals surface area contributed by atoms with Crippen molar-refractivity contribution in [1.29, 1.82) is 0 Å². The number of carbonyl (C=O) groups is 1. The summed E-state index contributed by atoms with van der Waals surface area (Å²) in [5, 5.41) is 19.5. The van der Waals surface area contributed by atoms with E-state index in [1.165, 1.54) is 17.2 Å². The van der Waals surface area contributed by atoms with Crippen LogP contribution in [0.4, 0.5) is 0 Å². The molecule has 1 atom stereocenters. The van der Waals surface area contributed by atoms with Crippen molar-refractivity contribution in [3.63, 3.8) is 0 Å². The highest BCUT2D eigenvalue weighted by Crippen LogP contribution is 2.37. The summed E-state index contributed by atoms with van der Waals surface area (Å²) in [5.74, 6) is -0.249. The van der Waals surface area contributed by atoms with E-state index in [9.17, 15) is 15.0 Å². The van der Waals surface area contributed by atoms with Crippen LogP contribution in [-0.4, -0.2) is 27.6 Å². The van der Waals surface area contributed by atoms with Crippen LogP contribution >= 0.6 is 0 Å². The fourth-order valence-corrected chi connectivity index (χ4v) is 3.82. The van der Waals surface area contributed by atoms with Gasteiger partial charge in [0.1, 0.15) is 0 Å². The number of rotatable bonds is 2. The molecule has 4 nitrogen and oxygen atoms in total. The topological polar surface area (TPSA) is 60.8 Å². The largest absolute Gasteiger partial charge is 0.504 e. The lowest BCUT2D eigenvalue weighted by Crippen LogP contribution is -2.32. The molecule has 0 saturated heterocycles. The number of benzene rings is 2. The lowest BCUT2D eigenvalue weighted by Gasteiger charge is -2.28. The van der Waals surface area contributed by atoms with Gasteiger partial charge in [-0.1, -0.05) is 30.3 Å². The Balaban J connectivity index is 1.52. The SMILES string of the molecule is O=C1c2c(ccc(O)c2O)CN1C[C@H]1CCc2ccccc2C1. The summed E-state index contributed by atoms with van der Waals surface area (Å²) in [6, 6.07) is 11.7. The van der Waals surface area contributed by atoms with Gasteiger partial charge in [0.25, 0.3) is 5.91 Å². The van der Waals surface area contributed by atoms with Gasteiger partial charge in [-0.05, 0) is 47.9 Å². The Labute approximate surface area is 135 Å². The van der Waals surface area contributed by atoms with Crippen LogP contribution in [0.15, 0.2) is 36.4 Å². The minimum atomic E-state index is -0.288. The molecule has 0 aromatic heterocycles. The third-order valence-corrected chi connectivity index (χ3v) is 5.03. The van der Waals surface area contributed by atoms with Crippen LogP contribution in [0.3, 0.4) is 0 Å². The predicted molar refractivity (Wildman–Crippen MR) is 86.5 cm³/mol. The second kappa shape index (κ2) is 5.30. The first-order valence-electron chi connectivity index (χ1n) is 8.03. The van der Waals surface area contributed by atoms with E-state index in [0.29, 0.717) is 19.0 Å². The van der Waals surface area contributed by atoms with Crippen molar-refractivity contribution in [2.45, 2.75) is 25.8 Å². The van der Waals surface area contributed by atoms with Crippen LogP contribution in [0, 0.1) is 5.92 Å². The van der Waals surface area contributed by atoms with Crippen molar-refractivity contribution in [3.05, 3.63) is 58.7 Å². The maximum absolute atomic E-state index is 12.5. The molecule has 23 heavy (non-hydrogen) atoms. The zero-order valence-electron chi connectivity index (χ0n) is 12.8. The molecule has 2 aromatic rings. The molecule has 4 rings (SSSR count). The summed E-state index contributed by atoms with van der Waals surface area (Å²) in [6.45, 7) is 1.21. The summed E-state index contributed by atoms with van der Waals surface area (Å²) < 4.78 is 0. The monoisotopic (exact) mass is 309 g/mol. The van der Waals surface area contributed by atoms with Gasteiger partial charge in [0.2, 0.25) is 0 Å². The number of aryl methyl sites for hydroxylation is 1. The molecule has 0 saturated carbocycles. The Kier molecular flexibility index (Phi) is 3.26. The van der Waals surface area contributed by atoms with Crippen molar-refractivity contribution in [1.82, 2.24) is 4.90 Å². The molecule has 4 heteroatoms. The normalized spacial score (nSPS) is 19.6. The lowest BCUT2D eigenvalue weighted by atomic mass is 9.83. The molecular weight excluding hydrogens is 290 g/mol. The van der Waals surface area contributed by atoms with Gasteiger partial charge in [-0.2, -0.15) is 0 Å². The highest BCUT2D eigenvalue weighted by molar-refractivity contribution is 6.01. The number of aromatic hydroxyl groups is 2. The molecule has 2 N–H and O–H groups in total. The average molecular weight is 309 g/mol. The van der Waals surface area contributed by atoms with Crippen molar-refractivity contribution in [2.75, 3.05) is 6.54 Å². The number of hydrogen-bond acceptors (Lipinski definition) is 3. The summed E-state index contributed by atoms with van der Waals surface area (Å²) >= 11 is 0. The first kappa shape index (κ1) is 14.1. The Morgan fingerprint density at radius 3 is 2.65 bits per heavy atom. The number of amides is 1. The molecule has 0 radical (unpaired) electrons. The first-order chi connectivity index (χ1) is 11.1. The van der Waals surface area contributed by atoms with Crippen LogP contribution in [0.5, 0.6) is 11.5 Å². The van der Waals surface area contributed by atoms with Crippen LogP contribution in [0.2, 0.25) is 0 Å². The van der Waals surface area contributed by atoms with Gasteiger partial charge in [-0.3, -0.25) is 4.79 Å². The molecule has 1 heterocycles. The summed E-state index contributed by atoms with van der Waals surface area (Å²) in [6.07, 6.45) is 3.13. The van der Waals surface area contributed by atoms with E-state index in [2.05, 4.69) is 24.3 Å². The van der Waals surface area contributed by atoms with Crippen molar-refractivity contribution < 1.29 is 15.0 Å². The van der Waals surface area contributed by atoms with Crippen molar-refractivity contribution >= 4 is 5.91 Å². The molecule has 0 fully saturated rings. The molecule has 2 aromatic carbocycles. The molecule has 1 aliphatic heterocycles. The second-order valence-electron chi connectivity index (χ2n) is 6.53. The Morgan fingerprint density at radius 1 is 1.04 bits per heavy atom. The number of phenols is 2.